The van der Waals surface area contributed by atoms with Crippen LogP contribution < -0.4 is 32.1 Å². The van der Waals surface area contributed by atoms with Crippen LogP contribution in [0.2, 0.25) is 0 Å². The molecule has 2 amide bonds. The Hall–Kier alpha value is -3.04. The maximum absolute atomic E-state index is 12.8. The molecule has 20 nitrogen and oxygen atoms in total. The number of rotatable bonds is 11. The number of carbonyl (C=O) groups excluding carboxylic acids is 3. The minimum atomic E-state index is -5.78. The Morgan fingerprint density at radius 2 is 1.93 bits per heavy atom. The summed E-state index contributed by atoms with van der Waals surface area (Å²) in [6.07, 6.45) is -11.9. The molecular formula is C22H32N5O15P-2. The van der Waals surface area contributed by atoms with Crippen molar-refractivity contribution in [3.8, 4) is 0 Å². The van der Waals surface area contributed by atoms with Crippen molar-refractivity contribution in [3.63, 3.8) is 0 Å². The summed E-state index contributed by atoms with van der Waals surface area (Å²) in [4.78, 5) is 64.1. The van der Waals surface area contributed by atoms with Gasteiger partial charge in [-0.3, -0.25) is 23.2 Å². The Balaban J connectivity index is 1.83. The monoisotopic (exact) mass is 637 g/mol. The first-order valence-electron chi connectivity index (χ1n) is 12.7. The van der Waals surface area contributed by atoms with Crippen LogP contribution in [0, 0.1) is 0 Å². The van der Waals surface area contributed by atoms with Gasteiger partial charge in [0.15, 0.2) is 6.23 Å². The number of aliphatic hydroxyl groups excluding tert-OH is 4. The average molecular weight is 637 g/mol. The molecule has 2 saturated heterocycles. The molecule has 0 aromatic carbocycles. The van der Waals surface area contributed by atoms with Gasteiger partial charge in [0.1, 0.15) is 36.2 Å². The van der Waals surface area contributed by atoms with E-state index in [-0.39, 0.29) is 5.82 Å². The smallest absolute Gasteiger partial charge is 0.351 e. The zero-order valence-electron chi connectivity index (χ0n) is 23.0. The molecule has 0 bridgehead atoms. The van der Waals surface area contributed by atoms with Crippen molar-refractivity contribution in [1.82, 2.24) is 20.2 Å². The number of ether oxygens (including phenoxy) is 2. The molecule has 2 aliphatic heterocycles. The number of nitrogen functional groups attached to an aromatic ring is 1. The van der Waals surface area contributed by atoms with E-state index < -0.39 is 105 Å². The summed E-state index contributed by atoms with van der Waals surface area (Å²) < 4.78 is 33.8. The quantitative estimate of drug-likeness (QED) is 0.111. The van der Waals surface area contributed by atoms with Gasteiger partial charge in [0.2, 0.25) is 17.6 Å². The molecule has 1 aromatic rings. The minimum Gasteiger partial charge on any atom is -0.756 e. The minimum absolute atomic E-state index is 0.141. The van der Waals surface area contributed by atoms with Crippen LogP contribution in [0.15, 0.2) is 17.1 Å². The third-order valence-corrected chi connectivity index (χ3v) is 7.60. The first kappa shape index (κ1) is 34.5. The van der Waals surface area contributed by atoms with Crippen LogP contribution in [-0.4, -0.2) is 109 Å². The molecule has 8 N–H and O–H groups in total. The van der Waals surface area contributed by atoms with Crippen molar-refractivity contribution in [2.75, 3.05) is 12.3 Å². The standard InChI is InChI=1S/C22H34N5O15P/c1-8(28)14(24-9(2)29)18-15(25-10(3)30)11(31)6-22(41-18,20(34)35)42-43(37,38)39-7-12-16(32)17(33)19(40-12)27-5-4-13(23)26-21(27)36/h4-5,8,11-12,14-19,28,31-33H,6-7H2,1-3H3,(H,24,29)(H,25,30)(H,34,35)(H,37,38)(H2,23,26,36)/p-2/t8-,11-,12+,14-,15-,16+,17+,18-,19+,22+/m0/s1. The second kappa shape index (κ2) is 13.3. The molecule has 0 radical (unpaired) electrons. The molecule has 1 aromatic heterocycles. The molecule has 0 spiro atoms. The highest BCUT2D eigenvalue weighted by atomic mass is 31.2. The highest BCUT2D eigenvalue weighted by Gasteiger charge is 2.54. The molecule has 3 rings (SSSR count). The molecule has 2 aliphatic rings. The lowest BCUT2D eigenvalue weighted by atomic mass is 9.87. The molecule has 1 unspecified atom stereocenters. The van der Waals surface area contributed by atoms with E-state index in [1.54, 1.807) is 0 Å². The first-order chi connectivity index (χ1) is 19.9. The second-order valence-electron chi connectivity index (χ2n) is 10.0. The number of carbonyl (C=O) groups is 3. The average Bonchev–Trinajstić information content (AvgIpc) is 3.15. The largest absolute Gasteiger partial charge is 0.756 e. The molecule has 3 heterocycles. The van der Waals surface area contributed by atoms with Crippen LogP contribution >= 0.6 is 7.82 Å². The summed E-state index contributed by atoms with van der Waals surface area (Å²) >= 11 is 0. The van der Waals surface area contributed by atoms with Crippen molar-refractivity contribution in [2.45, 2.75) is 87.9 Å². The van der Waals surface area contributed by atoms with Gasteiger partial charge in [-0.1, -0.05) is 0 Å². The first-order valence-corrected chi connectivity index (χ1v) is 14.2. The number of carboxylic acids is 1. The number of nitrogens with zero attached hydrogens (tertiary/aromatic N) is 2. The molecule has 21 heteroatoms. The van der Waals surface area contributed by atoms with E-state index in [2.05, 4.69) is 15.6 Å². The Labute approximate surface area is 242 Å². The van der Waals surface area contributed by atoms with Crippen LogP contribution in [-0.2, 0) is 37.5 Å². The summed E-state index contributed by atoms with van der Waals surface area (Å²) in [5, 5.41) is 58.5. The van der Waals surface area contributed by atoms with Gasteiger partial charge < -0.3 is 65.6 Å². The van der Waals surface area contributed by atoms with Crippen LogP contribution in [0.5, 0.6) is 0 Å². The number of aromatic nitrogens is 2. The van der Waals surface area contributed by atoms with Gasteiger partial charge in [-0.05, 0) is 13.0 Å². The predicted octanol–water partition coefficient (Wildman–Crippen LogP) is -6.07. The number of phosphoric acid groups is 1. The fraction of sp³-hybridized carbons (Fsp3) is 0.682. The van der Waals surface area contributed by atoms with Gasteiger partial charge in [0, 0.05) is 26.5 Å². The summed E-state index contributed by atoms with van der Waals surface area (Å²) in [5.41, 5.74) is 4.46. The number of hydrogen-bond acceptors (Lipinski definition) is 17. The summed E-state index contributed by atoms with van der Waals surface area (Å²) in [7, 11) is -5.78. The molecule has 43 heavy (non-hydrogen) atoms. The van der Waals surface area contributed by atoms with E-state index >= 15 is 0 Å². The number of nitrogens with two attached hydrogens (primary N) is 1. The highest BCUT2D eigenvalue weighted by Crippen LogP contribution is 2.48. The van der Waals surface area contributed by atoms with E-state index in [9.17, 15) is 54.2 Å². The van der Waals surface area contributed by atoms with Gasteiger partial charge in [-0.15, -0.1) is 0 Å². The number of hydrogen-bond donors (Lipinski definition) is 7. The molecule has 0 saturated carbocycles. The fourth-order valence-electron chi connectivity index (χ4n) is 4.70. The Bertz CT molecular complexity index is 1290. The van der Waals surface area contributed by atoms with E-state index in [1.165, 1.54) is 13.0 Å². The van der Waals surface area contributed by atoms with Gasteiger partial charge >= 0.3 is 5.69 Å². The summed E-state index contributed by atoms with van der Waals surface area (Å²) in [5.74, 6) is -7.22. The third kappa shape index (κ3) is 7.92. The number of anilines is 1. The highest BCUT2D eigenvalue weighted by molar-refractivity contribution is 7.45. The van der Waals surface area contributed by atoms with Crippen molar-refractivity contribution in [3.05, 3.63) is 22.7 Å². The number of carboxylic acid groups (broad SMARTS) is 1. The number of nitrogens with one attached hydrogen (secondary N) is 2. The molecule has 0 aliphatic carbocycles. The zero-order chi connectivity index (χ0) is 32.4. The maximum atomic E-state index is 12.8. The molecule has 11 atom stereocenters. The molecule has 2 fully saturated rings. The van der Waals surface area contributed by atoms with Crippen LogP contribution in [0.3, 0.4) is 0 Å². The van der Waals surface area contributed by atoms with Gasteiger partial charge in [-0.2, -0.15) is 4.98 Å². The lowest BCUT2D eigenvalue weighted by Crippen LogP contribution is -2.71. The lowest BCUT2D eigenvalue weighted by Gasteiger charge is -2.50. The Kier molecular flexibility index (Phi) is 10.7. The number of phosphoric ester groups is 1. The van der Waals surface area contributed by atoms with Crippen molar-refractivity contribution in [1.29, 1.82) is 0 Å². The molecule has 242 valence electrons. The van der Waals surface area contributed by atoms with Crippen molar-refractivity contribution < 1.29 is 67.9 Å². The van der Waals surface area contributed by atoms with Gasteiger partial charge in [-0.25, -0.2) is 4.79 Å². The van der Waals surface area contributed by atoms with Crippen molar-refractivity contribution >= 4 is 31.4 Å². The number of aliphatic hydroxyl groups is 4. The number of aliphatic carboxylic acids is 1. The predicted molar refractivity (Wildman–Crippen MR) is 134 cm³/mol. The van der Waals surface area contributed by atoms with E-state index in [4.69, 9.17) is 24.3 Å². The van der Waals surface area contributed by atoms with Crippen LogP contribution in [0.25, 0.3) is 0 Å². The van der Waals surface area contributed by atoms with Gasteiger partial charge in [0.25, 0.3) is 7.82 Å². The Morgan fingerprint density at radius 3 is 2.47 bits per heavy atom. The van der Waals surface area contributed by atoms with Crippen LogP contribution in [0.4, 0.5) is 5.82 Å². The SMILES string of the molecule is CC(=O)N[C@H]([C@@H]1O[C@](OP(=O)([O-])OC[C@H]2O[C@@H](n3ccc(N)nc3=O)[C@H](O)[C@@H]2O)(C(=O)[O-])C[C@H](O)[C@@H]1NC(C)=O)[C@H](C)O. The second-order valence-corrected chi connectivity index (χ2v) is 11.3. The van der Waals surface area contributed by atoms with Crippen molar-refractivity contribution in [2.24, 2.45) is 0 Å². The fourth-order valence-corrected chi connectivity index (χ4v) is 5.64. The van der Waals surface area contributed by atoms with E-state index in [1.807, 2.05) is 0 Å². The summed E-state index contributed by atoms with van der Waals surface area (Å²) in [6.45, 7) is 2.20. The number of amides is 2. The van der Waals surface area contributed by atoms with Gasteiger partial charge in [0.05, 0.1) is 30.9 Å². The van der Waals surface area contributed by atoms with E-state index in [0.29, 0.717) is 0 Å². The maximum Gasteiger partial charge on any atom is 0.351 e. The normalized spacial score (nSPS) is 33.6. The summed E-state index contributed by atoms with van der Waals surface area (Å²) in [6, 6.07) is -1.78. The van der Waals surface area contributed by atoms with E-state index in [0.717, 1.165) is 24.6 Å². The third-order valence-electron chi connectivity index (χ3n) is 6.62. The topological polar surface area (TPSA) is 317 Å². The molecular weight excluding hydrogens is 605 g/mol. The zero-order valence-corrected chi connectivity index (χ0v) is 23.9. The lowest BCUT2D eigenvalue weighted by molar-refractivity contribution is -0.374. The Morgan fingerprint density at radius 1 is 1.28 bits per heavy atom. The van der Waals surface area contributed by atoms with Crippen LogP contribution in [0.1, 0.15) is 33.4 Å².